The maximum Gasteiger partial charge on any atom is 0.490 e. The molecule has 216 valence electrons. The molecule has 2 aromatic rings. The van der Waals surface area contributed by atoms with Gasteiger partial charge in [0, 0.05) is 43.7 Å². The second kappa shape index (κ2) is 13.4. The highest BCUT2D eigenvalue weighted by Crippen LogP contribution is 2.34. The third-order valence-electron chi connectivity index (χ3n) is 5.54. The number of hydrogen-bond acceptors (Lipinski definition) is 6. The molecule has 4 rings (SSSR count). The van der Waals surface area contributed by atoms with Gasteiger partial charge in [-0.3, -0.25) is 9.78 Å². The van der Waals surface area contributed by atoms with Crippen LogP contribution in [0.5, 0.6) is 0 Å². The number of imidazole rings is 1. The molecule has 0 spiro atoms. The van der Waals surface area contributed by atoms with Gasteiger partial charge in [0.1, 0.15) is 0 Å². The molecule has 1 aliphatic carbocycles. The molecule has 0 bridgehead atoms. The quantitative estimate of drug-likeness (QED) is 0.507. The summed E-state index contributed by atoms with van der Waals surface area (Å²) in [5, 5.41) is 14.2. The number of halogens is 6. The Bertz CT molecular complexity index is 1090. The number of ether oxygens (including phenoxy) is 1. The van der Waals surface area contributed by atoms with Crippen LogP contribution in [0.15, 0.2) is 30.7 Å². The summed E-state index contributed by atoms with van der Waals surface area (Å²) in [6.07, 6.45) is -3.53. The van der Waals surface area contributed by atoms with Gasteiger partial charge in [-0.1, -0.05) is 6.07 Å². The predicted molar refractivity (Wildman–Crippen MR) is 120 cm³/mol. The normalized spacial score (nSPS) is 16.7. The number of alkyl halides is 6. The second-order valence-corrected chi connectivity index (χ2v) is 8.70. The standard InChI is InChI=1S/C19H24N4O2.2C2HF3O2/c1-25-12-15-10-22(18(24)8-16-4-2-3-7-20-16)11-17-19(15)23(13-21-17)9-14-5-6-14;2*3-2(4,5)1(6)7/h2-4,7,13-15H,5-6,8-12H2,1H3;2*(H,6,7). The molecule has 1 saturated carbocycles. The number of carboxylic acids is 2. The summed E-state index contributed by atoms with van der Waals surface area (Å²) in [6, 6.07) is 5.67. The number of nitrogens with zero attached hydrogens (tertiary/aromatic N) is 4. The first-order valence-corrected chi connectivity index (χ1v) is 11.4. The number of amides is 1. The van der Waals surface area contributed by atoms with Crippen molar-refractivity contribution in [3.63, 3.8) is 0 Å². The molecule has 1 atom stereocenters. The monoisotopic (exact) mass is 568 g/mol. The predicted octanol–water partition coefficient (Wildman–Crippen LogP) is 3.27. The first kappa shape index (κ1) is 31.5. The maximum absolute atomic E-state index is 12.7. The zero-order chi connectivity index (χ0) is 29.4. The van der Waals surface area contributed by atoms with Gasteiger partial charge < -0.3 is 24.4 Å². The molecule has 2 N–H and O–H groups in total. The number of pyridine rings is 1. The Balaban J connectivity index is 0.000000317. The van der Waals surface area contributed by atoms with Gasteiger partial charge in [0.05, 0.1) is 31.6 Å². The SMILES string of the molecule is COCC1CN(C(=O)Cc2ccccn2)Cc2ncn(CC3CC3)c21.O=C(O)C(F)(F)F.O=C(O)C(F)(F)F. The van der Waals surface area contributed by atoms with E-state index in [9.17, 15) is 31.1 Å². The van der Waals surface area contributed by atoms with Gasteiger partial charge in [0.25, 0.3) is 0 Å². The smallest absolute Gasteiger partial charge is 0.475 e. The highest BCUT2D eigenvalue weighted by molar-refractivity contribution is 5.78. The first-order chi connectivity index (χ1) is 18.1. The Labute approximate surface area is 218 Å². The highest BCUT2D eigenvalue weighted by Gasteiger charge is 2.39. The minimum absolute atomic E-state index is 0.0993. The van der Waals surface area contributed by atoms with E-state index in [4.69, 9.17) is 24.5 Å². The van der Waals surface area contributed by atoms with Gasteiger partial charge in [-0.25, -0.2) is 14.6 Å². The van der Waals surface area contributed by atoms with E-state index in [-0.39, 0.29) is 11.8 Å². The van der Waals surface area contributed by atoms with Crippen molar-refractivity contribution >= 4 is 17.8 Å². The van der Waals surface area contributed by atoms with E-state index in [1.807, 2.05) is 29.4 Å². The van der Waals surface area contributed by atoms with Crippen LogP contribution in [-0.2, 0) is 38.6 Å². The molecule has 2 aromatic heterocycles. The molecule has 2 aliphatic rings. The largest absolute Gasteiger partial charge is 0.490 e. The summed E-state index contributed by atoms with van der Waals surface area (Å²) < 4.78 is 71.2. The van der Waals surface area contributed by atoms with Crippen molar-refractivity contribution in [3.05, 3.63) is 47.8 Å². The summed E-state index contributed by atoms with van der Waals surface area (Å²) in [7, 11) is 1.72. The minimum Gasteiger partial charge on any atom is -0.475 e. The molecule has 1 aliphatic heterocycles. The van der Waals surface area contributed by atoms with Crippen molar-refractivity contribution < 1.29 is 55.7 Å². The van der Waals surface area contributed by atoms with Crippen LogP contribution < -0.4 is 0 Å². The van der Waals surface area contributed by atoms with E-state index in [2.05, 4.69) is 14.5 Å². The molecule has 1 fully saturated rings. The molecule has 1 unspecified atom stereocenters. The molecule has 0 aromatic carbocycles. The fraction of sp³-hybridized carbons (Fsp3) is 0.522. The number of carbonyl (C=O) groups excluding carboxylic acids is 1. The molecule has 39 heavy (non-hydrogen) atoms. The number of rotatable bonds is 6. The van der Waals surface area contributed by atoms with Crippen LogP contribution in [-0.4, -0.2) is 80.1 Å². The van der Waals surface area contributed by atoms with E-state index >= 15 is 0 Å². The number of carbonyl (C=O) groups is 3. The van der Waals surface area contributed by atoms with Gasteiger partial charge in [-0.2, -0.15) is 26.3 Å². The lowest BCUT2D eigenvalue weighted by molar-refractivity contribution is -0.193. The van der Waals surface area contributed by atoms with Crippen LogP contribution in [0, 0.1) is 5.92 Å². The van der Waals surface area contributed by atoms with Gasteiger partial charge in [-0.05, 0) is 30.9 Å². The molecule has 0 saturated heterocycles. The van der Waals surface area contributed by atoms with Gasteiger partial charge >= 0.3 is 24.3 Å². The average molecular weight is 568 g/mol. The number of fused-ring (bicyclic) bond motifs is 1. The lowest BCUT2D eigenvalue weighted by Crippen LogP contribution is -2.41. The fourth-order valence-corrected chi connectivity index (χ4v) is 3.64. The summed E-state index contributed by atoms with van der Waals surface area (Å²) in [5.41, 5.74) is 3.08. The zero-order valence-electron chi connectivity index (χ0n) is 20.6. The molecule has 10 nitrogen and oxygen atoms in total. The van der Waals surface area contributed by atoms with Crippen molar-refractivity contribution in [2.24, 2.45) is 5.92 Å². The van der Waals surface area contributed by atoms with Crippen LogP contribution in [0.25, 0.3) is 0 Å². The third kappa shape index (κ3) is 10.2. The summed E-state index contributed by atoms with van der Waals surface area (Å²) >= 11 is 0. The summed E-state index contributed by atoms with van der Waals surface area (Å²) in [5.74, 6) is -4.44. The van der Waals surface area contributed by atoms with E-state index in [1.165, 1.54) is 18.5 Å². The number of aliphatic carboxylic acids is 2. The molecule has 0 radical (unpaired) electrons. The number of hydrogen-bond donors (Lipinski definition) is 2. The number of carboxylic acid groups (broad SMARTS) is 2. The maximum atomic E-state index is 12.7. The molecule has 3 heterocycles. The second-order valence-electron chi connectivity index (χ2n) is 8.70. The average Bonchev–Trinajstić information content (AvgIpc) is 3.57. The third-order valence-corrected chi connectivity index (χ3v) is 5.54. The van der Waals surface area contributed by atoms with Gasteiger partial charge in [0.2, 0.25) is 5.91 Å². The molecule has 16 heteroatoms. The Hall–Kier alpha value is -3.69. The topological polar surface area (TPSA) is 135 Å². The van der Waals surface area contributed by atoms with Crippen molar-refractivity contribution in [2.45, 2.75) is 50.6 Å². The van der Waals surface area contributed by atoms with Crippen molar-refractivity contribution in [2.75, 3.05) is 20.3 Å². The molecular weight excluding hydrogens is 542 g/mol. The lowest BCUT2D eigenvalue weighted by Gasteiger charge is -2.33. The Kier molecular flexibility index (Phi) is 10.8. The fourth-order valence-electron chi connectivity index (χ4n) is 3.64. The van der Waals surface area contributed by atoms with Crippen LogP contribution >= 0.6 is 0 Å². The Morgan fingerprint density at radius 2 is 1.62 bits per heavy atom. The first-order valence-electron chi connectivity index (χ1n) is 11.4. The number of methoxy groups -OCH3 is 1. The van der Waals surface area contributed by atoms with Crippen molar-refractivity contribution in [1.29, 1.82) is 0 Å². The Morgan fingerprint density at radius 1 is 1.03 bits per heavy atom. The van der Waals surface area contributed by atoms with Crippen molar-refractivity contribution in [3.8, 4) is 0 Å². The van der Waals surface area contributed by atoms with Crippen LogP contribution in [0.2, 0.25) is 0 Å². The van der Waals surface area contributed by atoms with E-state index in [1.54, 1.807) is 13.3 Å². The van der Waals surface area contributed by atoms with E-state index in [0.717, 1.165) is 23.9 Å². The van der Waals surface area contributed by atoms with E-state index < -0.39 is 24.3 Å². The number of aromatic nitrogens is 3. The van der Waals surface area contributed by atoms with Gasteiger partial charge in [0.15, 0.2) is 0 Å². The van der Waals surface area contributed by atoms with Crippen LogP contribution in [0.1, 0.15) is 35.8 Å². The van der Waals surface area contributed by atoms with E-state index in [0.29, 0.717) is 26.1 Å². The summed E-state index contributed by atoms with van der Waals surface area (Å²) in [4.78, 5) is 41.3. The molecule has 1 amide bonds. The molecular formula is C23H26F6N4O6. The van der Waals surface area contributed by atoms with Crippen molar-refractivity contribution in [1.82, 2.24) is 19.4 Å². The van der Waals surface area contributed by atoms with Gasteiger partial charge in [-0.15, -0.1) is 0 Å². The zero-order valence-corrected chi connectivity index (χ0v) is 20.6. The summed E-state index contributed by atoms with van der Waals surface area (Å²) in [6.45, 7) is 2.92. The lowest BCUT2D eigenvalue weighted by atomic mass is 9.98. The Morgan fingerprint density at radius 3 is 2.08 bits per heavy atom. The van der Waals surface area contributed by atoms with Crippen LogP contribution in [0.4, 0.5) is 26.3 Å². The minimum atomic E-state index is -5.08. The van der Waals surface area contributed by atoms with Crippen LogP contribution in [0.3, 0.4) is 0 Å². The highest BCUT2D eigenvalue weighted by atomic mass is 19.4.